The average Bonchev–Trinajstić information content (AvgIpc) is 3.13. The molecule has 1 heterocycles. The number of carboxylic acids is 1. The van der Waals surface area contributed by atoms with E-state index in [0.717, 1.165) is 6.42 Å². The van der Waals surface area contributed by atoms with Gasteiger partial charge >= 0.3 is 5.97 Å². The van der Waals surface area contributed by atoms with Gasteiger partial charge in [0.2, 0.25) is 17.7 Å². The maximum Gasteiger partial charge on any atom is 0.326 e. The van der Waals surface area contributed by atoms with Crippen LogP contribution in [0.3, 0.4) is 0 Å². The van der Waals surface area contributed by atoms with E-state index in [0.29, 0.717) is 19.4 Å². The van der Waals surface area contributed by atoms with Crippen LogP contribution in [0.25, 0.3) is 0 Å². The van der Waals surface area contributed by atoms with E-state index in [-0.39, 0.29) is 11.8 Å². The summed E-state index contributed by atoms with van der Waals surface area (Å²) in [6, 6.07) is -3.32. The number of nitrogens with one attached hydrogen (secondary N) is 2. The second kappa shape index (κ2) is 10.4. The zero-order valence-electron chi connectivity index (χ0n) is 17.4. The fourth-order valence-electron chi connectivity index (χ4n) is 3.15. The quantitative estimate of drug-likeness (QED) is 0.433. The normalized spacial score (nSPS) is 21.0. The summed E-state index contributed by atoms with van der Waals surface area (Å²) in [4.78, 5) is 50.3. The molecule has 0 unspecified atom stereocenters. The van der Waals surface area contributed by atoms with Crippen LogP contribution in [-0.2, 0) is 19.2 Å². The first-order chi connectivity index (χ1) is 13.0. The summed E-state index contributed by atoms with van der Waals surface area (Å²) < 4.78 is 0. The van der Waals surface area contributed by atoms with E-state index >= 15 is 0 Å². The molecular formula is C19H34N4O5. The Labute approximate surface area is 166 Å². The van der Waals surface area contributed by atoms with E-state index in [1.165, 1.54) is 11.8 Å². The van der Waals surface area contributed by atoms with Crippen molar-refractivity contribution in [1.29, 1.82) is 0 Å². The number of carbonyl (C=O) groups excluding carboxylic acids is 3. The lowest BCUT2D eigenvalue weighted by atomic mass is 9.99. The molecule has 0 radical (unpaired) electrons. The topological polar surface area (TPSA) is 142 Å². The Kier molecular flexibility index (Phi) is 8.87. The highest BCUT2D eigenvalue weighted by Crippen LogP contribution is 2.20. The summed E-state index contributed by atoms with van der Waals surface area (Å²) in [6.45, 7) is 9.21. The molecule has 5 atom stereocenters. The lowest BCUT2D eigenvalue weighted by molar-refractivity contribution is -0.150. The number of likely N-dealkylation sites (tertiary alicyclic amines) is 1. The highest BCUT2D eigenvalue weighted by Gasteiger charge is 2.39. The zero-order valence-corrected chi connectivity index (χ0v) is 17.4. The second-order valence-corrected chi connectivity index (χ2v) is 7.90. The van der Waals surface area contributed by atoms with Crippen LogP contribution in [0, 0.1) is 11.8 Å². The molecule has 1 saturated heterocycles. The molecule has 1 aliphatic heterocycles. The van der Waals surface area contributed by atoms with Crippen LogP contribution in [0.1, 0.15) is 53.9 Å². The Bertz CT molecular complexity index is 595. The number of carboxylic acid groups (broad SMARTS) is 1. The molecule has 28 heavy (non-hydrogen) atoms. The van der Waals surface area contributed by atoms with E-state index < -0.39 is 47.9 Å². The van der Waals surface area contributed by atoms with Gasteiger partial charge in [0, 0.05) is 6.54 Å². The van der Waals surface area contributed by atoms with E-state index in [1.54, 1.807) is 13.8 Å². The molecule has 1 fully saturated rings. The van der Waals surface area contributed by atoms with E-state index in [1.807, 2.05) is 13.8 Å². The van der Waals surface area contributed by atoms with Gasteiger partial charge in [-0.05, 0) is 31.6 Å². The molecule has 160 valence electrons. The highest BCUT2D eigenvalue weighted by atomic mass is 16.4. The van der Waals surface area contributed by atoms with Crippen molar-refractivity contribution in [3.63, 3.8) is 0 Å². The second-order valence-electron chi connectivity index (χ2n) is 7.90. The first-order valence-electron chi connectivity index (χ1n) is 9.90. The fraction of sp³-hybridized carbons (Fsp3) is 0.789. The smallest absolute Gasteiger partial charge is 0.326 e. The minimum absolute atomic E-state index is 0.0247. The third-order valence-electron chi connectivity index (χ3n) is 5.36. The average molecular weight is 399 g/mol. The van der Waals surface area contributed by atoms with E-state index in [4.69, 9.17) is 5.73 Å². The summed E-state index contributed by atoms with van der Waals surface area (Å²) in [7, 11) is 0. The molecular weight excluding hydrogens is 364 g/mol. The monoisotopic (exact) mass is 398 g/mol. The predicted octanol–water partition coefficient (Wildman–Crippen LogP) is 0.0809. The van der Waals surface area contributed by atoms with Crippen molar-refractivity contribution in [2.45, 2.75) is 78.0 Å². The third-order valence-corrected chi connectivity index (χ3v) is 5.36. The van der Waals surface area contributed by atoms with Crippen molar-refractivity contribution in [2.24, 2.45) is 17.6 Å². The van der Waals surface area contributed by atoms with Crippen molar-refractivity contribution in [3.05, 3.63) is 0 Å². The number of aliphatic carboxylic acids is 1. The number of carbonyl (C=O) groups is 4. The maximum absolute atomic E-state index is 12.9. The number of nitrogens with zero attached hydrogens (tertiary/aromatic N) is 1. The van der Waals surface area contributed by atoms with Crippen LogP contribution in [0.15, 0.2) is 0 Å². The third kappa shape index (κ3) is 5.92. The largest absolute Gasteiger partial charge is 0.480 e. The Hall–Kier alpha value is -2.16. The van der Waals surface area contributed by atoms with Gasteiger partial charge in [0.05, 0.1) is 6.04 Å². The van der Waals surface area contributed by atoms with Crippen LogP contribution in [0.2, 0.25) is 0 Å². The van der Waals surface area contributed by atoms with Crippen molar-refractivity contribution in [3.8, 4) is 0 Å². The number of hydrogen-bond acceptors (Lipinski definition) is 5. The predicted molar refractivity (Wildman–Crippen MR) is 104 cm³/mol. The molecule has 0 saturated carbocycles. The molecule has 0 aromatic rings. The summed E-state index contributed by atoms with van der Waals surface area (Å²) in [5.74, 6) is -2.65. The Morgan fingerprint density at radius 1 is 1.11 bits per heavy atom. The first-order valence-corrected chi connectivity index (χ1v) is 9.90. The lowest BCUT2D eigenvalue weighted by Crippen LogP contribution is -2.58. The molecule has 0 bridgehead atoms. The number of amides is 3. The van der Waals surface area contributed by atoms with Crippen LogP contribution in [0.5, 0.6) is 0 Å². The molecule has 0 spiro atoms. The van der Waals surface area contributed by atoms with Crippen LogP contribution in [0.4, 0.5) is 0 Å². The van der Waals surface area contributed by atoms with Gasteiger partial charge in [-0.3, -0.25) is 14.4 Å². The molecule has 1 aliphatic rings. The zero-order chi connectivity index (χ0) is 21.6. The standard InChI is InChI=1S/C19H34N4O5/c1-6-11(4)14(20)17(25)21-12(5)16(24)22-15(10(2)3)18(26)23-9-7-8-13(23)19(27)28/h10-15H,6-9,20H2,1-5H3,(H,21,25)(H,22,24)(H,27,28)/t11-,12-,13-,14-,15-/m0/s1. The molecule has 3 amide bonds. The SMILES string of the molecule is CC[C@H](C)[C@H](N)C(=O)N[C@@H](C)C(=O)N[C@H](C(=O)N1CCC[C@H]1C(=O)O)C(C)C. The minimum atomic E-state index is -1.04. The molecule has 5 N–H and O–H groups in total. The van der Waals surface area contributed by atoms with Gasteiger partial charge in [-0.2, -0.15) is 0 Å². The van der Waals surface area contributed by atoms with Crippen molar-refractivity contribution >= 4 is 23.7 Å². The van der Waals surface area contributed by atoms with Crippen LogP contribution >= 0.6 is 0 Å². The Morgan fingerprint density at radius 2 is 1.71 bits per heavy atom. The van der Waals surface area contributed by atoms with Gasteiger partial charge in [-0.25, -0.2) is 4.79 Å². The van der Waals surface area contributed by atoms with Crippen LogP contribution < -0.4 is 16.4 Å². The summed E-state index contributed by atoms with van der Waals surface area (Å²) >= 11 is 0. The van der Waals surface area contributed by atoms with Gasteiger partial charge < -0.3 is 26.4 Å². The highest BCUT2D eigenvalue weighted by molar-refractivity contribution is 5.94. The minimum Gasteiger partial charge on any atom is -0.480 e. The maximum atomic E-state index is 12.9. The van der Waals surface area contributed by atoms with Gasteiger partial charge in [0.1, 0.15) is 18.1 Å². The molecule has 9 nitrogen and oxygen atoms in total. The molecule has 1 rings (SSSR count). The first kappa shape index (κ1) is 23.9. The number of rotatable bonds is 9. The van der Waals surface area contributed by atoms with Gasteiger partial charge in [-0.15, -0.1) is 0 Å². The summed E-state index contributed by atoms with van der Waals surface area (Å²) in [6.07, 6.45) is 1.75. The molecule has 0 aromatic carbocycles. The molecule has 0 aliphatic carbocycles. The Balaban J connectivity index is 2.77. The fourth-order valence-corrected chi connectivity index (χ4v) is 3.15. The molecule has 9 heteroatoms. The number of nitrogens with two attached hydrogens (primary N) is 1. The van der Waals surface area contributed by atoms with Gasteiger partial charge in [0.15, 0.2) is 0 Å². The van der Waals surface area contributed by atoms with Gasteiger partial charge in [0.25, 0.3) is 0 Å². The molecule has 0 aromatic heterocycles. The van der Waals surface area contributed by atoms with Gasteiger partial charge in [-0.1, -0.05) is 34.1 Å². The van der Waals surface area contributed by atoms with Crippen molar-refractivity contribution in [2.75, 3.05) is 6.54 Å². The Morgan fingerprint density at radius 3 is 2.21 bits per heavy atom. The summed E-state index contributed by atoms with van der Waals surface area (Å²) in [5, 5.41) is 14.5. The summed E-state index contributed by atoms with van der Waals surface area (Å²) in [5.41, 5.74) is 5.88. The van der Waals surface area contributed by atoms with Crippen LogP contribution in [-0.4, -0.2) is 64.4 Å². The van der Waals surface area contributed by atoms with Crippen molar-refractivity contribution in [1.82, 2.24) is 15.5 Å². The van der Waals surface area contributed by atoms with E-state index in [2.05, 4.69) is 10.6 Å². The van der Waals surface area contributed by atoms with Crippen molar-refractivity contribution < 1.29 is 24.3 Å². The lowest BCUT2D eigenvalue weighted by Gasteiger charge is -2.30. The van der Waals surface area contributed by atoms with E-state index in [9.17, 15) is 24.3 Å². The number of hydrogen-bond donors (Lipinski definition) is 4.